The molecule has 1 aromatic carbocycles. The predicted molar refractivity (Wildman–Crippen MR) is 73.1 cm³/mol. The zero-order valence-electron chi connectivity index (χ0n) is 9.80. The molecule has 6 heteroatoms. The number of nitrogens with two attached hydrogens (primary N) is 2. The summed E-state index contributed by atoms with van der Waals surface area (Å²) < 4.78 is 1.88. The molecule has 0 atom stereocenters. The molecule has 88 valence electrons. The number of fused-ring (bicyclic) bond motifs is 3. The molecule has 3 aromatic rings. The second kappa shape index (κ2) is 3.99. The molecule has 0 spiro atoms. The number of anilines is 1. The van der Waals surface area contributed by atoms with E-state index in [1.54, 1.807) is 0 Å². The minimum atomic E-state index is 0.316. The highest BCUT2D eigenvalue weighted by molar-refractivity contribution is 6.10. The fourth-order valence-corrected chi connectivity index (χ4v) is 2.26. The number of hydrogen-bond donors (Lipinski definition) is 2. The van der Waals surface area contributed by atoms with Crippen LogP contribution in [0.15, 0.2) is 24.3 Å². The lowest BCUT2D eigenvalue weighted by atomic mass is 10.1. The molecule has 18 heavy (non-hydrogen) atoms. The zero-order valence-corrected chi connectivity index (χ0v) is 9.80. The van der Waals surface area contributed by atoms with Crippen molar-refractivity contribution in [2.45, 2.75) is 13.0 Å². The molecule has 0 fully saturated rings. The molecular formula is C12H12BN5. The summed E-state index contributed by atoms with van der Waals surface area (Å²) >= 11 is 0. The molecule has 0 aliphatic carbocycles. The van der Waals surface area contributed by atoms with E-state index in [-0.39, 0.29) is 0 Å². The van der Waals surface area contributed by atoms with Crippen molar-refractivity contribution in [1.29, 1.82) is 0 Å². The van der Waals surface area contributed by atoms with Crippen LogP contribution in [0.25, 0.3) is 21.9 Å². The van der Waals surface area contributed by atoms with Crippen molar-refractivity contribution >= 4 is 35.6 Å². The molecule has 0 saturated heterocycles. The molecule has 0 aliphatic rings. The first-order valence-corrected chi connectivity index (χ1v) is 5.69. The Hall–Kier alpha value is -2.08. The Morgan fingerprint density at radius 1 is 1.22 bits per heavy atom. The Morgan fingerprint density at radius 3 is 2.72 bits per heavy atom. The van der Waals surface area contributed by atoms with Crippen LogP contribution in [0.3, 0.4) is 0 Å². The van der Waals surface area contributed by atoms with E-state index in [4.69, 9.17) is 19.3 Å². The van der Waals surface area contributed by atoms with Crippen molar-refractivity contribution in [2.75, 3.05) is 5.73 Å². The van der Waals surface area contributed by atoms with Gasteiger partial charge in [-0.25, -0.2) is 9.97 Å². The van der Waals surface area contributed by atoms with Crippen LogP contribution in [-0.4, -0.2) is 22.4 Å². The number of benzene rings is 1. The maximum absolute atomic E-state index is 5.95. The second-order valence-electron chi connectivity index (χ2n) is 4.05. The van der Waals surface area contributed by atoms with E-state index < -0.39 is 0 Å². The lowest BCUT2D eigenvalue weighted by Gasteiger charge is -2.07. The Balaban J connectivity index is 2.56. The highest BCUT2D eigenvalue weighted by atomic mass is 15.1. The molecule has 3 rings (SSSR count). The van der Waals surface area contributed by atoms with Gasteiger partial charge in [0.1, 0.15) is 11.3 Å². The van der Waals surface area contributed by atoms with Crippen LogP contribution in [0.5, 0.6) is 0 Å². The number of hydrogen-bond acceptors (Lipinski definition) is 4. The molecule has 0 saturated carbocycles. The van der Waals surface area contributed by atoms with Gasteiger partial charge in [-0.2, -0.15) is 0 Å². The normalized spacial score (nSPS) is 11.4. The minimum Gasteiger partial charge on any atom is -0.382 e. The standard InChI is InChI=1S/C12H12BN5/c13-6-18-9(5-14)17-10-11(18)7-3-1-2-4-8(7)16-12(10)15/h1-4H,5-6,14H2,(H2,15,16). The SMILES string of the molecule is [B]Cn1c(CN)nc2c(N)nc3ccccc3c21. The molecule has 5 nitrogen and oxygen atoms in total. The summed E-state index contributed by atoms with van der Waals surface area (Å²) in [5, 5.41) is 0.986. The second-order valence-corrected chi connectivity index (χ2v) is 4.05. The van der Waals surface area contributed by atoms with Crippen molar-refractivity contribution in [3.8, 4) is 0 Å². The van der Waals surface area contributed by atoms with Crippen molar-refractivity contribution in [3.63, 3.8) is 0 Å². The average molecular weight is 237 g/mol. The largest absolute Gasteiger partial charge is 0.382 e. The van der Waals surface area contributed by atoms with Gasteiger partial charge in [0.2, 0.25) is 0 Å². The summed E-state index contributed by atoms with van der Waals surface area (Å²) in [5.74, 6) is 1.13. The number of rotatable bonds is 2. The third-order valence-electron chi connectivity index (χ3n) is 3.05. The maximum Gasteiger partial charge on any atom is 0.152 e. The Labute approximate surface area is 105 Å². The van der Waals surface area contributed by atoms with Gasteiger partial charge in [-0.1, -0.05) is 18.2 Å². The number of aromatic nitrogens is 3. The first-order chi connectivity index (χ1) is 8.76. The lowest BCUT2D eigenvalue weighted by Crippen LogP contribution is -2.08. The Kier molecular flexibility index (Phi) is 2.45. The Bertz CT molecular complexity index is 734. The van der Waals surface area contributed by atoms with Crippen molar-refractivity contribution < 1.29 is 0 Å². The first kappa shape index (κ1) is 11.0. The van der Waals surface area contributed by atoms with Gasteiger partial charge in [0.05, 0.1) is 25.4 Å². The lowest BCUT2D eigenvalue weighted by molar-refractivity contribution is 0.796. The van der Waals surface area contributed by atoms with Gasteiger partial charge in [-0.05, 0) is 12.5 Å². The number of nitrogen functional groups attached to an aromatic ring is 1. The van der Waals surface area contributed by atoms with E-state index >= 15 is 0 Å². The van der Waals surface area contributed by atoms with Crippen LogP contribution in [0, 0.1) is 0 Å². The van der Waals surface area contributed by atoms with E-state index in [0.29, 0.717) is 24.3 Å². The predicted octanol–water partition coefficient (Wildman–Crippen LogP) is 0.751. The van der Waals surface area contributed by atoms with Crippen LogP contribution >= 0.6 is 0 Å². The summed E-state index contributed by atoms with van der Waals surface area (Å²) in [4.78, 5) is 8.77. The average Bonchev–Trinajstić information content (AvgIpc) is 2.78. The quantitative estimate of drug-likeness (QED) is 0.644. The molecule has 2 radical (unpaired) electrons. The van der Waals surface area contributed by atoms with Gasteiger partial charge < -0.3 is 16.0 Å². The maximum atomic E-state index is 5.95. The van der Waals surface area contributed by atoms with E-state index in [1.807, 2.05) is 28.8 Å². The molecule has 0 aliphatic heterocycles. The highest BCUT2D eigenvalue weighted by Gasteiger charge is 2.14. The molecule has 0 unspecified atom stereocenters. The number of pyridine rings is 1. The monoisotopic (exact) mass is 237 g/mol. The fraction of sp³-hybridized carbons (Fsp3) is 0.167. The van der Waals surface area contributed by atoms with E-state index in [9.17, 15) is 0 Å². The fourth-order valence-electron chi connectivity index (χ4n) is 2.26. The van der Waals surface area contributed by atoms with Crippen molar-refractivity contribution in [2.24, 2.45) is 5.73 Å². The zero-order chi connectivity index (χ0) is 12.7. The van der Waals surface area contributed by atoms with Crippen molar-refractivity contribution in [1.82, 2.24) is 14.5 Å². The minimum absolute atomic E-state index is 0.316. The van der Waals surface area contributed by atoms with E-state index in [0.717, 1.165) is 22.2 Å². The smallest absolute Gasteiger partial charge is 0.152 e. The van der Waals surface area contributed by atoms with Gasteiger partial charge >= 0.3 is 0 Å². The van der Waals surface area contributed by atoms with E-state index in [2.05, 4.69) is 9.97 Å². The van der Waals surface area contributed by atoms with Crippen LogP contribution in [0.2, 0.25) is 0 Å². The van der Waals surface area contributed by atoms with Gasteiger partial charge in [-0.3, -0.25) is 0 Å². The van der Waals surface area contributed by atoms with Gasteiger partial charge in [0, 0.05) is 5.39 Å². The summed E-state index contributed by atoms with van der Waals surface area (Å²) in [6, 6.07) is 7.78. The molecule has 0 amide bonds. The van der Waals surface area contributed by atoms with Crippen LogP contribution < -0.4 is 11.5 Å². The number of imidazole rings is 1. The van der Waals surface area contributed by atoms with Crippen molar-refractivity contribution in [3.05, 3.63) is 30.1 Å². The van der Waals surface area contributed by atoms with Crippen LogP contribution in [0.4, 0.5) is 5.82 Å². The van der Waals surface area contributed by atoms with E-state index in [1.165, 1.54) is 0 Å². The summed E-state index contributed by atoms with van der Waals surface area (Å²) in [5.41, 5.74) is 14.0. The molecular weight excluding hydrogens is 225 g/mol. The Morgan fingerprint density at radius 2 is 2.00 bits per heavy atom. The van der Waals surface area contributed by atoms with Gasteiger partial charge in [-0.15, -0.1) is 0 Å². The van der Waals surface area contributed by atoms with Crippen LogP contribution in [-0.2, 0) is 13.0 Å². The van der Waals surface area contributed by atoms with Gasteiger partial charge in [0.15, 0.2) is 5.82 Å². The molecule has 0 bridgehead atoms. The molecule has 4 N–H and O–H groups in total. The number of nitrogens with zero attached hydrogens (tertiary/aromatic N) is 3. The summed E-state index contributed by atoms with van der Waals surface area (Å²) in [6.07, 6.45) is 0.316. The summed E-state index contributed by atoms with van der Waals surface area (Å²) in [7, 11) is 5.78. The topological polar surface area (TPSA) is 82.8 Å². The molecule has 2 aromatic heterocycles. The highest BCUT2D eigenvalue weighted by Crippen LogP contribution is 2.28. The van der Waals surface area contributed by atoms with Crippen LogP contribution in [0.1, 0.15) is 5.82 Å². The van der Waals surface area contributed by atoms with Gasteiger partial charge in [0.25, 0.3) is 0 Å². The third kappa shape index (κ3) is 1.39. The molecule has 2 heterocycles. The summed E-state index contributed by atoms with van der Waals surface area (Å²) in [6.45, 7) is 0.319. The third-order valence-corrected chi connectivity index (χ3v) is 3.05. The first-order valence-electron chi connectivity index (χ1n) is 5.69. The number of para-hydroxylation sites is 1.